The summed E-state index contributed by atoms with van der Waals surface area (Å²) in [7, 11) is 1.61. The first-order chi connectivity index (χ1) is 12.1. The molecule has 0 radical (unpaired) electrons. The summed E-state index contributed by atoms with van der Waals surface area (Å²) in [6, 6.07) is 7.26. The molecule has 2 aliphatic rings. The fraction of sp³-hybridized carbons (Fsp3) is 0.579. The van der Waals surface area contributed by atoms with E-state index in [9.17, 15) is 9.59 Å². The zero-order valence-electron chi connectivity index (χ0n) is 15.0. The van der Waals surface area contributed by atoms with Crippen molar-refractivity contribution in [1.29, 1.82) is 0 Å². The first-order valence-electron chi connectivity index (χ1n) is 9.05. The first-order valence-corrected chi connectivity index (χ1v) is 9.05. The van der Waals surface area contributed by atoms with E-state index in [1.807, 2.05) is 29.2 Å². The molecule has 0 aromatic heterocycles. The smallest absolute Gasteiger partial charge is 0.241 e. The minimum atomic E-state index is -0.246. The number of anilines is 1. The molecule has 0 spiro atoms. The quantitative estimate of drug-likeness (QED) is 0.793. The van der Waals surface area contributed by atoms with Crippen molar-refractivity contribution in [2.24, 2.45) is 5.92 Å². The molecule has 1 aromatic carbocycles. The van der Waals surface area contributed by atoms with Crippen molar-refractivity contribution in [3.8, 4) is 5.75 Å². The van der Waals surface area contributed by atoms with Gasteiger partial charge in [-0.1, -0.05) is 0 Å². The molecule has 25 heavy (non-hydrogen) atoms. The van der Waals surface area contributed by atoms with E-state index < -0.39 is 0 Å². The van der Waals surface area contributed by atoms with Crippen LogP contribution in [-0.2, 0) is 9.59 Å². The number of hydrogen-bond donors (Lipinski definition) is 2. The second-order valence-electron chi connectivity index (χ2n) is 7.04. The lowest BCUT2D eigenvalue weighted by molar-refractivity contribution is -0.125. The lowest BCUT2D eigenvalue weighted by atomic mass is 10.2. The summed E-state index contributed by atoms with van der Waals surface area (Å²) in [6.07, 6.45) is 4.13. The van der Waals surface area contributed by atoms with E-state index >= 15 is 0 Å². The summed E-state index contributed by atoms with van der Waals surface area (Å²) >= 11 is 0. The summed E-state index contributed by atoms with van der Waals surface area (Å²) < 4.78 is 5.12. The monoisotopic (exact) mass is 345 g/mol. The Hall–Kier alpha value is -2.08. The van der Waals surface area contributed by atoms with Gasteiger partial charge in [-0.2, -0.15) is 0 Å². The minimum Gasteiger partial charge on any atom is -0.497 e. The summed E-state index contributed by atoms with van der Waals surface area (Å²) in [6.45, 7) is 3.14. The van der Waals surface area contributed by atoms with Crippen molar-refractivity contribution in [2.45, 2.75) is 44.7 Å². The normalized spacial score (nSPS) is 21.6. The topological polar surface area (TPSA) is 70.7 Å². The molecule has 6 heteroatoms. The summed E-state index contributed by atoms with van der Waals surface area (Å²) in [5.74, 6) is 1.35. The number of carbonyl (C=O) groups excluding carboxylic acids is 2. The highest BCUT2D eigenvalue weighted by molar-refractivity contribution is 5.95. The second kappa shape index (κ2) is 7.87. The number of nitrogens with zero attached hydrogens (tertiary/aromatic N) is 1. The molecule has 0 bridgehead atoms. The number of likely N-dealkylation sites (tertiary alicyclic amines) is 1. The lowest BCUT2D eigenvalue weighted by Gasteiger charge is -2.24. The Labute approximate surface area is 148 Å². The molecule has 2 atom stereocenters. The van der Waals surface area contributed by atoms with E-state index in [-0.39, 0.29) is 30.4 Å². The number of amides is 2. The van der Waals surface area contributed by atoms with Crippen LogP contribution in [0.3, 0.4) is 0 Å². The molecular weight excluding hydrogens is 318 g/mol. The van der Waals surface area contributed by atoms with Crippen molar-refractivity contribution < 1.29 is 14.3 Å². The number of carbonyl (C=O) groups is 2. The molecule has 1 aliphatic heterocycles. The molecule has 2 N–H and O–H groups in total. The molecule has 1 aliphatic carbocycles. The number of nitrogens with one attached hydrogen (secondary N) is 2. The molecule has 1 saturated carbocycles. The van der Waals surface area contributed by atoms with Crippen molar-refractivity contribution in [3.05, 3.63) is 24.3 Å². The van der Waals surface area contributed by atoms with E-state index in [4.69, 9.17) is 4.74 Å². The molecule has 136 valence electrons. The Morgan fingerprint density at radius 3 is 2.60 bits per heavy atom. The summed E-state index contributed by atoms with van der Waals surface area (Å²) in [5.41, 5.74) is 0.740. The SMILES string of the molecule is COc1ccc(NC(=O)C2CCCN2CC(=O)NC(C)C2CC2)cc1. The number of hydrogen-bond acceptors (Lipinski definition) is 4. The van der Waals surface area contributed by atoms with Gasteiger partial charge in [-0.15, -0.1) is 0 Å². The van der Waals surface area contributed by atoms with Crippen molar-refractivity contribution in [1.82, 2.24) is 10.2 Å². The molecule has 3 rings (SSSR count). The predicted molar refractivity (Wildman–Crippen MR) is 96.5 cm³/mol. The Bertz CT molecular complexity index is 613. The van der Waals surface area contributed by atoms with E-state index in [0.717, 1.165) is 30.8 Å². The van der Waals surface area contributed by atoms with Gasteiger partial charge in [0.15, 0.2) is 0 Å². The second-order valence-corrected chi connectivity index (χ2v) is 7.04. The molecule has 1 aromatic rings. The Morgan fingerprint density at radius 2 is 1.96 bits per heavy atom. The number of methoxy groups -OCH3 is 1. The maximum atomic E-state index is 12.6. The fourth-order valence-corrected chi connectivity index (χ4v) is 3.41. The molecular formula is C19H27N3O3. The third kappa shape index (κ3) is 4.72. The average molecular weight is 345 g/mol. The minimum absolute atomic E-state index is 0.0172. The van der Waals surface area contributed by atoms with Gasteiger partial charge in [0.25, 0.3) is 0 Å². The van der Waals surface area contributed by atoms with Gasteiger partial charge in [-0.25, -0.2) is 0 Å². The van der Waals surface area contributed by atoms with E-state index in [0.29, 0.717) is 5.92 Å². The third-order valence-corrected chi connectivity index (χ3v) is 5.09. The van der Waals surface area contributed by atoms with E-state index in [2.05, 4.69) is 17.6 Å². The van der Waals surface area contributed by atoms with Crippen LogP contribution in [-0.4, -0.2) is 49.0 Å². The fourth-order valence-electron chi connectivity index (χ4n) is 3.41. The van der Waals surface area contributed by atoms with Gasteiger partial charge in [-0.05, 0) is 69.3 Å². The lowest BCUT2D eigenvalue weighted by Crippen LogP contribution is -2.46. The van der Waals surface area contributed by atoms with Crippen LogP contribution in [0, 0.1) is 5.92 Å². The van der Waals surface area contributed by atoms with Gasteiger partial charge in [0.05, 0.1) is 19.7 Å². The Balaban J connectivity index is 1.52. The molecule has 2 unspecified atom stereocenters. The third-order valence-electron chi connectivity index (χ3n) is 5.09. The maximum absolute atomic E-state index is 12.6. The van der Waals surface area contributed by atoms with Crippen molar-refractivity contribution in [2.75, 3.05) is 25.5 Å². The Kier molecular flexibility index (Phi) is 5.58. The molecule has 2 fully saturated rings. The van der Waals surface area contributed by atoms with Crippen LogP contribution in [0.5, 0.6) is 5.75 Å². The standard InChI is InChI=1S/C19H27N3O3/c1-13(14-5-6-14)20-18(23)12-22-11-3-4-17(22)19(24)21-15-7-9-16(25-2)10-8-15/h7-10,13-14,17H,3-6,11-12H2,1-2H3,(H,20,23)(H,21,24). The molecule has 2 amide bonds. The van der Waals surface area contributed by atoms with Crippen LogP contribution in [0.2, 0.25) is 0 Å². The van der Waals surface area contributed by atoms with Gasteiger partial charge in [0.1, 0.15) is 5.75 Å². The van der Waals surface area contributed by atoms with Crippen LogP contribution in [0.1, 0.15) is 32.6 Å². The summed E-state index contributed by atoms with van der Waals surface area (Å²) in [5, 5.41) is 6.00. The number of benzene rings is 1. The molecule has 6 nitrogen and oxygen atoms in total. The van der Waals surface area contributed by atoms with E-state index in [1.165, 1.54) is 12.8 Å². The van der Waals surface area contributed by atoms with Crippen molar-refractivity contribution >= 4 is 17.5 Å². The highest BCUT2D eigenvalue weighted by Gasteiger charge is 2.33. The van der Waals surface area contributed by atoms with Gasteiger partial charge in [0.2, 0.25) is 11.8 Å². The Morgan fingerprint density at radius 1 is 1.24 bits per heavy atom. The van der Waals surface area contributed by atoms with Crippen molar-refractivity contribution in [3.63, 3.8) is 0 Å². The first kappa shape index (κ1) is 17.7. The van der Waals surface area contributed by atoms with Crippen LogP contribution in [0.25, 0.3) is 0 Å². The largest absolute Gasteiger partial charge is 0.497 e. The summed E-state index contributed by atoms with van der Waals surface area (Å²) in [4.78, 5) is 26.8. The van der Waals surface area contributed by atoms with Crippen LogP contribution in [0.4, 0.5) is 5.69 Å². The highest BCUT2D eigenvalue weighted by atomic mass is 16.5. The predicted octanol–water partition coefficient (Wildman–Crippen LogP) is 2.01. The van der Waals surface area contributed by atoms with Crippen LogP contribution in [0.15, 0.2) is 24.3 Å². The maximum Gasteiger partial charge on any atom is 0.241 e. The zero-order chi connectivity index (χ0) is 17.8. The number of ether oxygens (including phenoxy) is 1. The van der Waals surface area contributed by atoms with Crippen LogP contribution >= 0.6 is 0 Å². The average Bonchev–Trinajstić information content (AvgIpc) is 3.35. The van der Waals surface area contributed by atoms with Gasteiger partial charge in [0, 0.05) is 11.7 Å². The van der Waals surface area contributed by atoms with E-state index in [1.54, 1.807) is 7.11 Å². The van der Waals surface area contributed by atoms with Gasteiger partial charge < -0.3 is 15.4 Å². The molecule has 1 saturated heterocycles. The molecule has 1 heterocycles. The number of rotatable bonds is 7. The zero-order valence-corrected chi connectivity index (χ0v) is 15.0. The van der Waals surface area contributed by atoms with Gasteiger partial charge in [-0.3, -0.25) is 14.5 Å². The van der Waals surface area contributed by atoms with Crippen LogP contribution < -0.4 is 15.4 Å². The van der Waals surface area contributed by atoms with Gasteiger partial charge >= 0.3 is 0 Å². The highest BCUT2D eigenvalue weighted by Crippen LogP contribution is 2.32.